The molecule has 0 aliphatic heterocycles. The summed E-state index contributed by atoms with van der Waals surface area (Å²) in [7, 11) is 2.84. The Kier molecular flexibility index (Phi) is 3.09. The van der Waals surface area contributed by atoms with Crippen molar-refractivity contribution in [3.05, 3.63) is 37.7 Å². The van der Waals surface area contributed by atoms with Crippen molar-refractivity contribution in [2.45, 2.75) is 26.2 Å². The van der Waals surface area contributed by atoms with Gasteiger partial charge in [0.15, 0.2) is 11.6 Å². The van der Waals surface area contributed by atoms with Gasteiger partial charge in [-0.15, -0.1) is 0 Å². The summed E-state index contributed by atoms with van der Waals surface area (Å²) in [4.78, 5) is 53.4. The predicted molar refractivity (Wildman–Crippen MR) is 79.5 cm³/mol. The van der Waals surface area contributed by atoms with Crippen LogP contribution in [0.4, 0.5) is 0 Å². The molecule has 1 aliphatic carbocycles. The molecule has 114 valence electrons. The van der Waals surface area contributed by atoms with E-state index < -0.39 is 11.2 Å². The van der Waals surface area contributed by atoms with Crippen LogP contribution in [0.1, 0.15) is 46.2 Å². The third-order valence-electron chi connectivity index (χ3n) is 4.13. The first kappa shape index (κ1) is 14.4. The van der Waals surface area contributed by atoms with Gasteiger partial charge in [0.25, 0.3) is 5.56 Å². The van der Waals surface area contributed by atoms with Crippen molar-refractivity contribution in [1.29, 1.82) is 0 Å². The van der Waals surface area contributed by atoms with Crippen LogP contribution in [0.15, 0.2) is 9.59 Å². The summed E-state index contributed by atoms with van der Waals surface area (Å²) >= 11 is 0. The summed E-state index contributed by atoms with van der Waals surface area (Å²) in [6, 6.07) is 0. The SMILES string of the molecule is CCc1nc2c(c3c1C(=O)CCC3=O)c(=O)n(C)c(=O)n2C. The Labute approximate surface area is 125 Å². The predicted octanol–water partition coefficient (Wildman–Crippen LogP) is 0.354. The number of rotatable bonds is 1. The number of Topliss-reactive ketones (excluding diaryl/α,β-unsaturated/α-hetero) is 2. The fourth-order valence-electron chi connectivity index (χ4n) is 2.95. The van der Waals surface area contributed by atoms with Gasteiger partial charge in [-0.3, -0.25) is 23.5 Å². The lowest BCUT2D eigenvalue weighted by Crippen LogP contribution is -2.39. The monoisotopic (exact) mass is 301 g/mol. The molecule has 0 unspecified atom stereocenters. The van der Waals surface area contributed by atoms with Crippen molar-refractivity contribution in [1.82, 2.24) is 14.1 Å². The van der Waals surface area contributed by atoms with Crippen molar-refractivity contribution in [2.75, 3.05) is 0 Å². The summed E-state index contributed by atoms with van der Waals surface area (Å²) in [6.45, 7) is 1.82. The molecule has 0 radical (unpaired) electrons. The van der Waals surface area contributed by atoms with Gasteiger partial charge in [-0.25, -0.2) is 9.78 Å². The zero-order valence-electron chi connectivity index (χ0n) is 12.6. The molecule has 0 saturated carbocycles. The Bertz CT molecular complexity index is 966. The number of aromatic nitrogens is 3. The van der Waals surface area contributed by atoms with Crippen molar-refractivity contribution in [3.8, 4) is 0 Å². The summed E-state index contributed by atoms with van der Waals surface area (Å²) in [5, 5.41) is 0.0647. The zero-order chi connectivity index (χ0) is 16.2. The highest BCUT2D eigenvalue weighted by Crippen LogP contribution is 2.28. The highest BCUT2D eigenvalue weighted by Gasteiger charge is 2.31. The van der Waals surface area contributed by atoms with Gasteiger partial charge in [0.2, 0.25) is 0 Å². The Balaban J connectivity index is 2.68. The standard InChI is InChI=1S/C15H15N3O4/c1-4-7-10-8(19)5-6-9(20)11(10)12-13(16-7)17(2)15(22)18(3)14(12)21/h4-6H2,1-3H3. The lowest BCUT2D eigenvalue weighted by atomic mass is 9.86. The van der Waals surface area contributed by atoms with Crippen LogP contribution in [0.5, 0.6) is 0 Å². The number of fused-ring (bicyclic) bond motifs is 3. The third kappa shape index (κ3) is 1.71. The molecule has 7 heteroatoms. The molecule has 2 heterocycles. The number of hydrogen-bond donors (Lipinski definition) is 0. The molecule has 0 N–H and O–H groups in total. The zero-order valence-corrected chi connectivity index (χ0v) is 12.6. The van der Waals surface area contributed by atoms with Gasteiger partial charge >= 0.3 is 5.69 Å². The van der Waals surface area contributed by atoms with Crippen LogP contribution in [0.25, 0.3) is 11.0 Å². The molecule has 0 amide bonds. The maximum absolute atomic E-state index is 12.5. The highest BCUT2D eigenvalue weighted by molar-refractivity contribution is 6.19. The maximum Gasteiger partial charge on any atom is 0.332 e. The number of carbonyl (C=O) groups excluding carboxylic acids is 2. The molecular weight excluding hydrogens is 286 g/mol. The Morgan fingerprint density at radius 1 is 0.955 bits per heavy atom. The molecule has 0 atom stereocenters. The van der Waals surface area contributed by atoms with Crippen molar-refractivity contribution < 1.29 is 9.59 Å². The minimum absolute atomic E-state index is 0.0647. The lowest BCUT2D eigenvalue weighted by Gasteiger charge is -2.19. The van der Waals surface area contributed by atoms with Crippen LogP contribution in [-0.4, -0.2) is 25.7 Å². The van der Waals surface area contributed by atoms with Gasteiger partial charge in [0.05, 0.1) is 16.6 Å². The highest BCUT2D eigenvalue weighted by atomic mass is 16.2. The van der Waals surface area contributed by atoms with Crippen LogP contribution in [-0.2, 0) is 20.5 Å². The fraction of sp³-hybridized carbons (Fsp3) is 0.400. The Morgan fingerprint density at radius 2 is 1.55 bits per heavy atom. The Hall–Kier alpha value is -2.57. The fourth-order valence-corrected chi connectivity index (χ4v) is 2.95. The second-order valence-corrected chi connectivity index (χ2v) is 5.41. The first-order valence-electron chi connectivity index (χ1n) is 7.07. The van der Waals surface area contributed by atoms with E-state index in [9.17, 15) is 19.2 Å². The summed E-state index contributed by atoms with van der Waals surface area (Å²) in [6.07, 6.45) is 0.666. The van der Waals surface area contributed by atoms with Gasteiger partial charge < -0.3 is 0 Å². The van der Waals surface area contributed by atoms with E-state index in [1.54, 1.807) is 0 Å². The van der Waals surface area contributed by atoms with E-state index in [0.717, 1.165) is 4.57 Å². The van der Waals surface area contributed by atoms with E-state index in [2.05, 4.69) is 4.98 Å². The molecular formula is C15H15N3O4. The van der Waals surface area contributed by atoms with Crippen LogP contribution in [0.2, 0.25) is 0 Å². The van der Waals surface area contributed by atoms with E-state index in [-0.39, 0.29) is 46.6 Å². The molecule has 0 saturated heterocycles. The second kappa shape index (κ2) is 4.72. The van der Waals surface area contributed by atoms with E-state index >= 15 is 0 Å². The average Bonchev–Trinajstić information content (AvgIpc) is 2.52. The number of ketones is 2. The molecule has 0 spiro atoms. The molecule has 0 fully saturated rings. The quantitative estimate of drug-likeness (QED) is 0.758. The topological polar surface area (TPSA) is 91.0 Å². The number of carbonyl (C=O) groups is 2. The number of aryl methyl sites for hydroxylation is 2. The van der Waals surface area contributed by atoms with Crippen molar-refractivity contribution in [2.24, 2.45) is 14.1 Å². The molecule has 7 nitrogen and oxygen atoms in total. The van der Waals surface area contributed by atoms with Crippen LogP contribution < -0.4 is 11.2 Å². The summed E-state index contributed by atoms with van der Waals surface area (Å²) in [5.41, 5.74) is -0.0963. The number of hydrogen-bond acceptors (Lipinski definition) is 5. The maximum atomic E-state index is 12.5. The molecule has 3 rings (SSSR count). The van der Waals surface area contributed by atoms with Gasteiger partial charge in [-0.05, 0) is 6.42 Å². The van der Waals surface area contributed by atoms with E-state index in [4.69, 9.17) is 0 Å². The van der Waals surface area contributed by atoms with Gasteiger partial charge in [0, 0.05) is 32.5 Å². The largest absolute Gasteiger partial charge is 0.332 e. The third-order valence-corrected chi connectivity index (χ3v) is 4.13. The van der Waals surface area contributed by atoms with Crippen LogP contribution in [0.3, 0.4) is 0 Å². The smallest absolute Gasteiger partial charge is 0.294 e. The summed E-state index contributed by atoms with van der Waals surface area (Å²) < 4.78 is 2.17. The molecule has 1 aliphatic rings. The second-order valence-electron chi connectivity index (χ2n) is 5.41. The van der Waals surface area contributed by atoms with Crippen LogP contribution in [0, 0.1) is 0 Å². The minimum Gasteiger partial charge on any atom is -0.294 e. The molecule has 0 aromatic carbocycles. The van der Waals surface area contributed by atoms with Crippen LogP contribution >= 0.6 is 0 Å². The first-order chi connectivity index (χ1) is 10.4. The molecule has 2 aromatic heterocycles. The summed E-state index contributed by atoms with van der Waals surface area (Å²) in [5.74, 6) is -0.413. The first-order valence-corrected chi connectivity index (χ1v) is 7.07. The average molecular weight is 301 g/mol. The lowest BCUT2D eigenvalue weighted by molar-refractivity contribution is 0.0890. The van der Waals surface area contributed by atoms with E-state index in [1.165, 1.54) is 18.7 Å². The Morgan fingerprint density at radius 3 is 2.14 bits per heavy atom. The minimum atomic E-state index is -0.590. The normalized spacial score (nSPS) is 14.5. The molecule has 2 aromatic rings. The molecule has 0 bridgehead atoms. The van der Waals surface area contributed by atoms with Gasteiger partial charge in [0.1, 0.15) is 5.65 Å². The van der Waals surface area contributed by atoms with Gasteiger partial charge in [-0.2, -0.15) is 0 Å². The molecule has 22 heavy (non-hydrogen) atoms. The number of nitrogens with zero attached hydrogens (tertiary/aromatic N) is 3. The van der Waals surface area contributed by atoms with E-state index in [1.807, 2.05) is 6.92 Å². The van der Waals surface area contributed by atoms with Gasteiger partial charge in [-0.1, -0.05) is 6.92 Å². The van der Waals surface area contributed by atoms with Crippen molar-refractivity contribution >= 4 is 22.6 Å². The van der Waals surface area contributed by atoms with Crippen molar-refractivity contribution in [3.63, 3.8) is 0 Å². The number of pyridine rings is 1. The van der Waals surface area contributed by atoms with E-state index in [0.29, 0.717) is 12.1 Å².